The second-order valence-corrected chi connectivity index (χ2v) is 8.81. The Morgan fingerprint density at radius 3 is 2.18 bits per heavy atom. The summed E-state index contributed by atoms with van der Waals surface area (Å²) in [4.78, 5) is 12.9. The summed E-state index contributed by atoms with van der Waals surface area (Å²) in [7, 11) is -3.82. The lowest BCUT2D eigenvalue weighted by Crippen LogP contribution is -2.28. The quantitative estimate of drug-likeness (QED) is 0.559. The molecule has 7 heteroatoms. The fourth-order valence-corrected chi connectivity index (χ4v) is 4.03. The minimum absolute atomic E-state index is 0.114. The van der Waals surface area contributed by atoms with Gasteiger partial charge in [-0.15, -0.1) is 0 Å². The SMILES string of the molecule is CC(NC(=O)c1ccccc1NS(=O)(=O)c1ccc(Br)cc1)c1ccccc1. The number of rotatable bonds is 6. The predicted octanol–water partition coefficient (Wildman–Crippen LogP) is 4.74. The molecule has 0 saturated heterocycles. The van der Waals surface area contributed by atoms with Gasteiger partial charge in [0.2, 0.25) is 0 Å². The molecule has 1 amide bonds. The van der Waals surface area contributed by atoms with E-state index in [-0.39, 0.29) is 28.1 Å². The highest BCUT2D eigenvalue weighted by atomic mass is 79.9. The van der Waals surface area contributed by atoms with Gasteiger partial charge in [-0.05, 0) is 48.9 Å². The summed E-state index contributed by atoms with van der Waals surface area (Å²) in [6.45, 7) is 1.88. The third-order valence-corrected chi connectivity index (χ3v) is 6.10. The fourth-order valence-electron chi connectivity index (χ4n) is 2.69. The first-order valence-electron chi connectivity index (χ1n) is 8.60. The molecular weight excluding hydrogens is 440 g/mol. The minimum atomic E-state index is -3.82. The van der Waals surface area contributed by atoms with Crippen molar-refractivity contribution in [2.75, 3.05) is 4.72 Å². The Labute approximate surface area is 173 Å². The van der Waals surface area contributed by atoms with Gasteiger partial charge >= 0.3 is 0 Å². The number of carbonyl (C=O) groups excluding carboxylic acids is 1. The lowest BCUT2D eigenvalue weighted by molar-refractivity contribution is 0.0941. The molecule has 0 heterocycles. The van der Waals surface area contributed by atoms with Gasteiger partial charge < -0.3 is 5.32 Å². The summed E-state index contributed by atoms with van der Waals surface area (Å²) in [5.41, 5.74) is 1.44. The van der Waals surface area contributed by atoms with E-state index in [4.69, 9.17) is 0 Å². The molecular formula is C21H19BrN2O3S. The van der Waals surface area contributed by atoms with Gasteiger partial charge in [-0.1, -0.05) is 58.4 Å². The van der Waals surface area contributed by atoms with Gasteiger partial charge in [0.25, 0.3) is 15.9 Å². The van der Waals surface area contributed by atoms with Crippen LogP contribution in [0.15, 0.2) is 88.2 Å². The van der Waals surface area contributed by atoms with Gasteiger partial charge in [0.05, 0.1) is 22.2 Å². The molecule has 3 rings (SSSR count). The number of halogens is 1. The molecule has 5 nitrogen and oxygen atoms in total. The monoisotopic (exact) mass is 458 g/mol. The number of sulfonamides is 1. The van der Waals surface area contributed by atoms with E-state index in [1.54, 1.807) is 36.4 Å². The van der Waals surface area contributed by atoms with Crippen LogP contribution >= 0.6 is 15.9 Å². The lowest BCUT2D eigenvalue weighted by Gasteiger charge is -2.17. The number of hydrogen-bond donors (Lipinski definition) is 2. The maximum Gasteiger partial charge on any atom is 0.261 e. The van der Waals surface area contributed by atoms with E-state index in [0.29, 0.717) is 0 Å². The molecule has 0 bridgehead atoms. The maximum atomic E-state index is 12.8. The summed E-state index contributed by atoms with van der Waals surface area (Å²) in [6, 6.07) is 22.1. The van der Waals surface area contributed by atoms with E-state index >= 15 is 0 Å². The van der Waals surface area contributed by atoms with E-state index in [1.165, 1.54) is 12.1 Å². The topological polar surface area (TPSA) is 75.3 Å². The molecule has 28 heavy (non-hydrogen) atoms. The van der Waals surface area contributed by atoms with Crippen molar-refractivity contribution in [1.29, 1.82) is 0 Å². The zero-order valence-electron chi connectivity index (χ0n) is 15.1. The highest BCUT2D eigenvalue weighted by molar-refractivity contribution is 9.10. The van der Waals surface area contributed by atoms with Crippen LogP contribution in [0.5, 0.6) is 0 Å². The van der Waals surface area contributed by atoms with Crippen molar-refractivity contribution in [3.8, 4) is 0 Å². The third-order valence-electron chi connectivity index (χ3n) is 4.19. The van der Waals surface area contributed by atoms with Crippen molar-refractivity contribution in [3.05, 3.63) is 94.5 Å². The Bertz CT molecular complexity index is 1070. The Balaban J connectivity index is 1.83. The van der Waals surface area contributed by atoms with Crippen LogP contribution in [0.4, 0.5) is 5.69 Å². The molecule has 3 aromatic carbocycles. The smallest absolute Gasteiger partial charge is 0.261 e. The normalized spacial score (nSPS) is 12.2. The number of carbonyl (C=O) groups is 1. The average Bonchev–Trinajstić information content (AvgIpc) is 2.69. The molecule has 1 atom stereocenters. The average molecular weight is 459 g/mol. The summed E-state index contributed by atoms with van der Waals surface area (Å²) in [5, 5.41) is 2.91. The number of nitrogens with one attached hydrogen (secondary N) is 2. The first kappa shape index (κ1) is 20.1. The van der Waals surface area contributed by atoms with Gasteiger partial charge in [-0.2, -0.15) is 0 Å². The van der Waals surface area contributed by atoms with E-state index < -0.39 is 10.0 Å². The van der Waals surface area contributed by atoms with Crippen molar-refractivity contribution in [3.63, 3.8) is 0 Å². The number of anilines is 1. The van der Waals surface area contributed by atoms with Crippen LogP contribution < -0.4 is 10.0 Å². The lowest BCUT2D eigenvalue weighted by atomic mass is 10.1. The zero-order chi connectivity index (χ0) is 20.1. The van der Waals surface area contributed by atoms with Crippen molar-refractivity contribution >= 4 is 37.5 Å². The molecule has 0 spiro atoms. The molecule has 1 unspecified atom stereocenters. The molecule has 0 radical (unpaired) electrons. The maximum absolute atomic E-state index is 12.8. The van der Waals surface area contributed by atoms with Crippen LogP contribution in [0.25, 0.3) is 0 Å². The predicted molar refractivity (Wildman–Crippen MR) is 114 cm³/mol. The molecule has 0 saturated carbocycles. The number of amides is 1. The van der Waals surface area contributed by atoms with Crippen LogP contribution in [-0.4, -0.2) is 14.3 Å². The minimum Gasteiger partial charge on any atom is -0.345 e. The molecule has 2 N–H and O–H groups in total. The Morgan fingerprint density at radius 1 is 0.893 bits per heavy atom. The molecule has 3 aromatic rings. The van der Waals surface area contributed by atoms with E-state index in [1.807, 2.05) is 37.3 Å². The molecule has 144 valence electrons. The van der Waals surface area contributed by atoms with E-state index in [0.717, 1.165) is 10.0 Å². The first-order valence-corrected chi connectivity index (χ1v) is 10.9. The number of hydrogen-bond acceptors (Lipinski definition) is 3. The van der Waals surface area contributed by atoms with Crippen LogP contribution in [0.3, 0.4) is 0 Å². The second kappa shape index (κ2) is 8.58. The Hall–Kier alpha value is -2.64. The molecule has 0 aliphatic heterocycles. The third kappa shape index (κ3) is 4.79. The zero-order valence-corrected chi connectivity index (χ0v) is 17.5. The van der Waals surface area contributed by atoms with Gasteiger partial charge in [0.15, 0.2) is 0 Å². The van der Waals surface area contributed by atoms with Crippen LogP contribution in [-0.2, 0) is 10.0 Å². The van der Waals surface area contributed by atoms with Crippen molar-refractivity contribution < 1.29 is 13.2 Å². The standard InChI is InChI=1S/C21H19BrN2O3S/c1-15(16-7-3-2-4-8-16)23-21(25)19-9-5-6-10-20(19)24-28(26,27)18-13-11-17(22)12-14-18/h2-15,24H,1H3,(H,23,25). The van der Waals surface area contributed by atoms with Crippen LogP contribution in [0.2, 0.25) is 0 Å². The number of benzene rings is 3. The molecule has 0 aliphatic carbocycles. The van der Waals surface area contributed by atoms with Crippen molar-refractivity contribution in [2.45, 2.75) is 17.9 Å². The second-order valence-electron chi connectivity index (χ2n) is 6.21. The van der Waals surface area contributed by atoms with Gasteiger partial charge in [0.1, 0.15) is 0 Å². The summed E-state index contributed by atoms with van der Waals surface area (Å²) in [5.74, 6) is -0.356. The molecule has 0 fully saturated rings. The molecule has 0 aliphatic rings. The van der Waals surface area contributed by atoms with Crippen molar-refractivity contribution in [2.24, 2.45) is 0 Å². The fraction of sp³-hybridized carbons (Fsp3) is 0.0952. The Kier molecular flexibility index (Phi) is 6.16. The summed E-state index contributed by atoms with van der Waals surface area (Å²) >= 11 is 3.28. The van der Waals surface area contributed by atoms with E-state index in [9.17, 15) is 13.2 Å². The van der Waals surface area contributed by atoms with Gasteiger partial charge in [0, 0.05) is 4.47 Å². The highest BCUT2D eigenvalue weighted by Crippen LogP contribution is 2.22. The summed E-state index contributed by atoms with van der Waals surface area (Å²) < 4.78 is 28.6. The first-order chi connectivity index (χ1) is 13.4. The van der Waals surface area contributed by atoms with Crippen molar-refractivity contribution in [1.82, 2.24) is 5.32 Å². The van der Waals surface area contributed by atoms with Crippen LogP contribution in [0.1, 0.15) is 28.9 Å². The molecule has 0 aromatic heterocycles. The largest absolute Gasteiger partial charge is 0.345 e. The van der Waals surface area contributed by atoms with Crippen LogP contribution in [0, 0.1) is 0 Å². The van der Waals surface area contributed by atoms with Gasteiger partial charge in [-0.25, -0.2) is 8.42 Å². The van der Waals surface area contributed by atoms with E-state index in [2.05, 4.69) is 26.0 Å². The number of para-hydroxylation sites is 1. The highest BCUT2D eigenvalue weighted by Gasteiger charge is 2.19. The summed E-state index contributed by atoms with van der Waals surface area (Å²) in [6.07, 6.45) is 0. The Morgan fingerprint density at radius 2 is 1.50 bits per heavy atom. The van der Waals surface area contributed by atoms with Gasteiger partial charge in [-0.3, -0.25) is 9.52 Å².